The summed E-state index contributed by atoms with van der Waals surface area (Å²) >= 11 is 6.09. The normalized spacial score (nSPS) is 10.0. The summed E-state index contributed by atoms with van der Waals surface area (Å²) in [4.78, 5) is 15.9. The minimum Gasteiger partial charge on any atom is -0.495 e. The van der Waals surface area contributed by atoms with Gasteiger partial charge in [0.05, 0.1) is 24.7 Å². The minimum absolute atomic E-state index is 0.239. The Kier molecular flexibility index (Phi) is 5.60. The van der Waals surface area contributed by atoms with Gasteiger partial charge in [0, 0.05) is 17.6 Å². The molecule has 0 atom stereocenters. The van der Waals surface area contributed by atoms with Gasteiger partial charge in [-0.25, -0.2) is 4.98 Å². The molecule has 0 unspecified atom stereocenters. The molecule has 5 nitrogen and oxygen atoms in total. The molecule has 0 aliphatic rings. The van der Waals surface area contributed by atoms with Crippen LogP contribution in [0.15, 0.2) is 43.1 Å². The van der Waals surface area contributed by atoms with E-state index in [9.17, 15) is 4.79 Å². The molecule has 23 heavy (non-hydrogen) atoms. The molecule has 1 heterocycles. The maximum Gasteiger partial charge on any atom is 0.270 e. The van der Waals surface area contributed by atoms with Gasteiger partial charge in [-0.1, -0.05) is 17.7 Å². The van der Waals surface area contributed by atoms with Gasteiger partial charge in [-0.05, 0) is 30.7 Å². The highest BCUT2D eigenvalue weighted by Crippen LogP contribution is 2.32. The number of hydrogen-bond donors (Lipinski definition) is 2. The van der Waals surface area contributed by atoms with Crippen LogP contribution in [0.3, 0.4) is 0 Å². The van der Waals surface area contributed by atoms with Crippen molar-refractivity contribution in [1.82, 2.24) is 10.3 Å². The lowest BCUT2D eigenvalue weighted by Gasteiger charge is -2.13. The number of nitrogens with one attached hydrogen (secondary N) is 2. The first kappa shape index (κ1) is 16.8. The van der Waals surface area contributed by atoms with E-state index in [4.69, 9.17) is 16.3 Å². The van der Waals surface area contributed by atoms with Crippen LogP contribution in [-0.4, -0.2) is 24.5 Å². The lowest BCUT2D eigenvalue weighted by Crippen LogP contribution is -2.24. The van der Waals surface area contributed by atoms with Gasteiger partial charge in [0.15, 0.2) is 0 Å². The molecule has 0 saturated carbocycles. The number of aryl methyl sites for hydroxylation is 1. The number of anilines is 2. The molecule has 0 fully saturated rings. The zero-order valence-corrected chi connectivity index (χ0v) is 13.8. The number of rotatable bonds is 6. The van der Waals surface area contributed by atoms with Crippen LogP contribution in [0.25, 0.3) is 0 Å². The molecule has 0 aliphatic carbocycles. The number of carbonyl (C=O) groups excluding carboxylic acids is 1. The summed E-state index contributed by atoms with van der Waals surface area (Å²) in [7, 11) is 1.58. The van der Waals surface area contributed by atoms with Crippen molar-refractivity contribution in [2.75, 3.05) is 19.0 Å². The average Bonchev–Trinajstić information content (AvgIpc) is 2.56. The first-order valence-electron chi connectivity index (χ1n) is 7.01. The SMILES string of the molecule is C=CCNC(=O)c1ccc(Nc2cc(C)c(Cl)cc2OC)cn1. The summed E-state index contributed by atoms with van der Waals surface area (Å²) in [5, 5.41) is 6.52. The van der Waals surface area contributed by atoms with Crippen LogP contribution in [0.1, 0.15) is 16.1 Å². The molecule has 2 rings (SSSR count). The molecule has 0 aliphatic heterocycles. The fraction of sp³-hybridized carbons (Fsp3) is 0.176. The Hall–Kier alpha value is -2.53. The van der Waals surface area contributed by atoms with Gasteiger partial charge in [0.1, 0.15) is 11.4 Å². The first-order chi connectivity index (χ1) is 11.0. The maximum absolute atomic E-state index is 11.8. The molecule has 2 N–H and O–H groups in total. The quantitative estimate of drug-likeness (QED) is 0.792. The average molecular weight is 332 g/mol. The fourth-order valence-corrected chi connectivity index (χ4v) is 2.10. The van der Waals surface area contributed by atoms with E-state index in [-0.39, 0.29) is 5.91 Å². The monoisotopic (exact) mass is 331 g/mol. The lowest BCUT2D eigenvalue weighted by molar-refractivity contribution is 0.0953. The van der Waals surface area contributed by atoms with Crippen molar-refractivity contribution in [3.63, 3.8) is 0 Å². The number of halogens is 1. The second-order valence-corrected chi connectivity index (χ2v) is 5.26. The first-order valence-corrected chi connectivity index (χ1v) is 7.39. The van der Waals surface area contributed by atoms with Gasteiger partial charge in [0.25, 0.3) is 5.91 Å². The predicted octanol–water partition coefficient (Wildman–Crippen LogP) is 3.71. The topological polar surface area (TPSA) is 63.2 Å². The number of ether oxygens (including phenoxy) is 1. The van der Waals surface area contributed by atoms with Crippen LogP contribution < -0.4 is 15.4 Å². The van der Waals surface area contributed by atoms with Gasteiger partial charge >= 0.3 is 0 Å². The molecule has 0 saturated heterocycles. The smallest absolute Gasteiger partial charge is 0.270 e. The van der Waals surface area contributed by atoms with E-state index in [1.165, 1.54) is 0 Å². The Bertz CT molecular complexity index is 715. The Morgan fingerprint density at radius 2 is 2.22 bits per heavy atom. The number of aromatic nitrogens is 1. The predicted molar refractivity (Wildman–Crippen MR) is 92.8 cm³/mol. The minimum atomic E-state index is -0.239. The van der Waals surface area contributed by atoms with Crippen molar-refractivity contribution < 1.29 is 9.53 Å². The fourth-order valence-electron chi connectivity index (χ4n) is 1.94. The van der Waals surface area contributed by atoms with Crippen molar-refractivity contribution in [2.45, 2.75) is 6.92 Å². The Morgan fingerprint density at radius 3 is 2.83 bits per heavy atom. The maximum atomic E-state index is 11.8. The molecule has 1 aromatic heterocycles. The third-order valence-electron chi connectivity index (χ3n) is 3.16. The molecule has 6 heteroatoms. The summed E-state index contributed by atoms with van der Waals surface area (Å²) in [6, 6.07) is 7.07. The zero-order chi connectivity index (χ0) is 16.8. The highest BCUT2D eigenvalue weighted by molar-refractivity contribution is 6.31. The molecule has 1 aromatic carbocycles. The lowest BCUT2D eigenvalue weighted by atomic mass is 10.2. The van der Waals surface area contributed by atoms with Crippen LogP contribution in [0.2, 0.25) is 5.02 Å². The van der Waals surface area contributed by atoms with Crippen molar-refractivity contribution in [2.24, 2.45) is 0 Å². The van der Waals surface area contributed by atoms with E-state index in [1.54, 1.807) is 37.6 Å². The number of nitrogens with zero attached hydrogens (tertiary/aromatic N) is 1. The van der Waals surface area contributed by atoms with E-state index in [2.05, 4.69) is 22.2 Å². The van der Waals surface area contributed by atoms with E-state index in [0.29, 0.717) is 23.0 Å². The van der Waals surface area contributed by atoms with E-state index >= 15 is 0 Å². The number of methoxy groups -OCH3 is 1. The van der Waals surface area contributed by atoms with Gasteiger partial charge in [-0.15, -0.1) is 6.58 Å². The van der Waals surface area contributed by atoms with Crippen LogP contribution >= 0.6 is 11.6 Å². The number of amides is 1. The third kappa shape index (κ3) is 4.23. The van der Waals surface area contributed by atoms with E-state index in [0.717, 1.165) is 16.9 Å². The summed E-state index contributed by atoms with van der Waals surface area (Å²) in [5.41, 5.74) is 2.80. The Balaban J connectivity index is 2.17. The molecule has 0 bridgehead atoms. The largest absolute Gasteiger partial charge is 0.495 e. The van der Waals surface area contributed by atoms with Crippen LogP contribution in [0, 0.1) is 6.92 Å². The number of hydrogen-bond acceptors (Lipinski definition) is 4. The van der Waals surface area contributed by atoms with Crippen molar-refractivity contribution >= 4 is 28.9 Å². The summed E-state index contributed by atoms with van der Waals surface area (Å²) in [5.74, 6) is 0.393. The molecular weight excluding hydrogens is 314 g/mol. The zero-order valence-electron chi connectivity index (χ0n) is 13.0. The van der Waals surface area contributed by atoms with Gasteiger partial charge in [-0.3, -0.25) is 4.79 Å². The molecule has 120 valence electrons. The van der Waals surface area contributed by atoms with Crippen LogP contribution in [0.5, 0.6) is 5.75 Å². The molecular formula is C17H18ClN3O2. The van der Waals surface area contributed by atoms with E-state index in [1.807, 2.05) is 13.0 Å². The van der Waals surface area contributed by atoms with Crippen LogP contribution in [-0.2, 0) is 0 Å². The third-order valence-corrected chi connectivity index (χ3v) is 3.57. The van der Waals surface area contributed by atoms with Gasteiger partial charge in [-0.2, -0.15) is 0 Å². The second kappa shape index (κ2) is 7.65. The number of benzene rings is 1. The molecule has 2 aromatic rings. The summed E-state index contributed by atoms with van der Waals surface area (Å²) in [6.45, 7) is 5.87. The molecule has 1 amide bonds. The molecule has 0 radical (unpaired) electrons. The summed E-state index contributed by atoms with van der Waals surface area (Å²) < 4.78 is 5.32. The van der Waals surface area contributed by atoms with Crippen molar-refractivity contribution in [3.8, 4) is 5.75 Å². The van der Waals surface area contributed by atoms with Crippen molar-refractivity contribution in [1.29, 1.82) is 0 Å². The van der Waals surface area contributed by atoms with Gasteiger partial charge < -0.3 is 15.4 Å². The van der Waals surface area contributed by atoms with E-state index < -0.39 is 0 Å². The highest BCUT2D eigenvalue weighted by atomic mass is 35.5. The molecule has 0 spiro atoms. The summed E-state index contributed by atoms with van der Waals surface area (Å²) in [6.07, 6.45) is 3.20. The second-order valence-electron chi connectivity index (χ2n) is 4.86. The van der Waals surface area contributed by atoms with Gasteiger partial charge in [0.2, 0.25) is 0 Å². The highest BCUT2D eigenvalue weighted by Gasteiger charge is 2.09. The number of pyridine rings is 1. The van der Waals surface area contributed by atoms with Crippen LogP contribution in [0.4, 0.5) is 11.4 Å². The standard InChI is InChI=1S/C17H18ClN3O2/c1-4-7-19-17(22)14-6-5-12(10-20-14)21-15-8-11(2)13(18)9-16(15)23-3/h4-6,8-10,21H,1,7H2,2-3H3,(H,19,22). The van der Waals surface area contributed by atoms with Crippen molar-refractivity contribution in [3.05, 3.63) is 59.4 Å². The Labute approximate surface area is 140 Å². The number of carbonyl (C=O) groups is 1. The Morgan fingerprint density at radius 1 is 1.43 bits per heavy atom.